The van der Waals surface area contributed by atoms with Gasteiger partial charge in [-0.3, -0.25) is 4.72 Å². The summed E-state index contributed by atoms with van der Waals surface area (Å²) in [6.45, 7) is 0. The molecule has 0 fully saturated rings. The topological polar surface area (TPSA) is 109 Å². The normalized spacial score (nSPS) is 11.2. The van der Waals surface area contributed by atoms with Gasteiger partial charge in [-0.25, -0.2) is 13.2 Å². The highest BCUT2D eigenvalue weighted by atomic mass is 35.5. The van der Waals surface area contributed by atoms with E-state index in [0.717, 1.165) is 11.3 Å². The molecule has 0 aliphatic heterocycles. The molecule has 1 aromatic carbocycles. The SMILES string of the molecule is Nc1cc(C(=O)O)ccc1NS(=O)(=O)c1ccc(Cl)s1. The lowest BCUT2D eigenvalue weighted by Gasteiger charge is -2.09. The first-order chi connectivity index (χ1) is 9.29. The van der Waals surface area contributed by atoms with E-state index in [1.807, 2.05) is 0 Å². The van der Waals surface area contributed by atoms with Crippen molar-refractivity contribution in [2.75, 3.05) is 10.5 Å². The molecule has 20 heavy (non-hydrogen) atoms. The molecule has 4 N–H and O–H groups in total. The molecule has 106 valence electrons. The van der Waals surface area contributed by atoms with Crippen LogP contribution in [0.4, 0.5) is 11.4 Å². The fourth-order valence-corrected chi connectivity index (χ4v) is 4.00. The van der Waals surface area contributed by atoms with E-state index in [-0.39, 0.29) is 21.1 Å². The third-order valence-corrected chi connectivity index (χ3v) is 5.44. The van der Waals surface area contributed by atoms with Crippen LogP contribution in [-0.2, 0) is 10.0 Å². The number of rotatable bonds is 4. The van der Waals surface area contributed by atoms with E-state index in [1.54, 1.807) is 0 Å². The predicted octanol–water partition coefficient (Wildman–Crippen LogP) is 2.48. The lowest BCUT2D eigenvalue weighted by Crippen LogP contribution is -2.13. The quantitative estimate of drug-likeness (QED) is 0.745. The Bertz CT molecular complexity index is 770. The van der Waals surface area contributed by atoms with Crippen LogP contribution in [0.5, 0.6) is 0 Å². The zero-order chi connectivity index (χ0) is 14.9. The Morgan fingerprint density at radius 3 is 2.50 bits per heavy atom. The van der Waals surface area contributed by atoms with E-state index >= 15 is 0 Å². The van der Waals surface area contributed by atoms with Gasteiger partial charge in [-0.15, -0.1) is 11.3 Å². The number of halogens is 1. The third-order valence-electron chi connectivity index (χ3n) is 2.36. The Balaban J connectivity index is 2.32. The fourth-order valence-electron chi connectivity index (χ4n) is 1.43. The molecule has 1 aromatic heterocycles. The number of nitrogen functional groups attached to an aromatic ring is 1. The molecular weight excluding hydrogens is 324 g/mol. The Morgan fingerprint density at radius 2 is 2.00 bits per heavy atom. The van der Waals surface area contributed by atoms with Gasteiger partial charge in [0.15, 0.2) is 0 Å². The maximum absolute atomic E-state index is 12.1. The molecule has 0 aliphatic carbocycles. The summed E-state index contributed by atoms with van der Waals surface area (Å²) in [6, 6.07) is 6.58. The smallest absolute Gasteiger partial charge is 0.335 e. The lowest BCUT2D eigenvalue weighted by molar-refractivity contribution is 0.0697. The zero-order valence-corrected chi connectivity index (χ0v) is 12.2. The standard InChI is InChI=1S/C11H9ClN2O4S2/c12-9-3-4-10(19-9)20(17,18)14-8-2-1-6(11(15)16)5-7(8)13/h1-5,14H,13H2,(H,15,16). The summed E-state index contributed by atoms with van der Waals surface area (Å²) in [4.78, 5) is 10.8. The number of carbonyl (C=O) groups is 1. The summed E-state index contributed by atoms with van der Waals surface area (Å²) >= 11 is 6.60. The summed E-state index contributed by atoms with van der Waals surface area (Å²) in [6.07, 6.45) is 0. The van der Waals surface area contributed by atoms with Crippen molar-refractivity contribution in [3.63, 3.8) is 0 Å². The molecule has 0 atom stereocenters. The zero-order valence-electron chi connectivity index (χ0n) is 9.83. The van der Waals surface area contributed by atoms with Gasteiger partial charge >= 0.3 is 5.97 Å². The van der Waals surface area contributed by atoms with Crippen LogP contribution in [0.25, 0.3) is 0 Å². The van der Waals surface area contributed by atoms with E-state index in [1.165, 1.54) is 30.3 Å². The van der Waals surface area contributed by atoms with Gasteiger partial charge in [0.05, 0.1) is 21.3 Å². The van der Waals surface area contributed by atoms with Gasteiger partial charge < -0.3 is 10.8 Å². The number of thiophene rings is 1. The first-order valence-corrected chi connectivity index (χ1v) is 7.88. The molecule has 0 aliphatic rings. The number of carboxylic acids is 1. The Labute approximate surface area is 123 Å². The minimum atomic E-state index is -3.79. The van der Waals surface area contributed by atoms with Crippen molar-refractivity contribution in [2.45, 2.75) is 4.21 Å². The molecular formula is C11H9ClN2O4S2. The number of benzene rings is 1. The van der Waals surface area contributed by atoms with Crippen molar-refractivity contribution < 1.29 is 18.3 Å². The summed E-state index contributed by atoms with van der Waals surface area (Å²) in [5, 5.41) is 8.81. The predicted molar refractivity (Wildman–Crippen MR) is 78.0 cm³/mol. The van der Waals surface area contributed by atoms with Crippen LogP contribution in [0, 0.1) is 0 Å². The maximum Gasteiger partial charge on any atom is 0.335 e. The highest BCUT2D eigenvalue weighted by Gasteiger charge is 2.18. The molecule has 9 heteroatoms. The van der Waals surface area contributed by atoms with Crippen LogP contribution in [0.1, 0.15) is 10.4 Å². The summed E-state index contributed by atoms with van der Waals surface area (Å²) < 4.78 is 26.8. The Morgan fingerprint density at radius 1 is 1.30 bits per heavy atom. The van der Waals surface area contributed by atoms with Crippen molar-refractivity contribution in [1.29, 1.82) is 0 Å². The molecule has 0 spiro atoms. The summed E-state index contributed by atoms with van der Waals surface area (Å²) in [5.41, 5.74) is 5.75. The molecule has 2 aromatic rings. The number of hydrogen-bond donors (Lipinski definition) is 3. The highest BCUT2D eigenvalue weighted by Crippen LogP contribution is 2.29. The van der Waals surface area contributed by atoms with E-state index in [4.69, 9.17) is 22.4 Å². The third kappa shape index (κ3) is 3.03. The average molecular weight is 333 g/mol. The molecule has 0 amide bonds. The molecule has 1 heterocycles. The van der Waals surface area contributed by atoms with E-state index in [2.05, 4.69) is 4.72 Å². The average Bonchev–Trinajstić information content (AvgIpc) is 2.79. The molecule has 2 rings (SSSR count). The monoisotopic (exact) mass is 332 g/mol. The van der Waals surface area contributed by atoms with Crippen molar-refractivity contribution in [3.05, 3.63) is 40.2 Å². The highest BCUT2D eigenvalue weighted by molar-refractivity contribution is 7.94. The number of carboxylic acid groups (broad SMARTS) is 1. The maximum atomic E-state index is 12.1. The van der Waals surface area contributed by atoms with Crippen LogP contribution in [0.2, 0.25) is 4.34 Å². The van der Waals surface area contributed by atoms with Gasteiger partial charge in [0, 0.05) is 0 Å². The first-order valence-electron chi connectivity index (χ1n) is 5.20. The second-order valence-electron chi connectivity index (χ2n) is 3.77. The van der Waals surface area contributed by atoms with Gasteiger partial charge in [0.1, 0.15) is 4.21 Å². The first kappa shape index (κ1) is 14.6. The van der Waals surface area contributed by atoms with Gasteiger partial charge in [-0.2, -0.15) is 0 Å². The van der Waals surface area contributed by atoms with Crippen LogP contribution in [-0.4, -0.2) is 19.5 Å². The molecule has 0 saturated carbocycles. The fraction of sp³-hybridized carbons (Fsp3) is 0. The van der Waals surface area contributed by atoms with E-state index in [0.29, 0.717) is 4.34 Å². The van der Waals surface area contributed by atoms with Crippen LogP contribution in [0.3, 0.4) is 0 Å². The number of nitrogens with two attached hydrogens (primary N) is 1. The van der Waals surface area contributed by atoms with Crippen LogP contribution < -0.4 is 10.5 Å². The van der Waals surface area contributed by atoms with Gasteiger partial charge in [-0.05, 0) is 30.3 Å². The molecule has 0 saturated heterocycles. The number of sulfonamides is 1. The minimum absolute atomic E-state index is 0.0235. The van der Waals surface area contributed by atoms with Gasteiger partial charge in [0.2, 0.25) is 0 Å². The molecule has 0 unspecified atom stereocenters. The van der Waals surface area contributed by atoms with Crippen molar-refractivity contribution >= 4 is 50.3 Å². The van der Waals surface area contributed by atoms with E-state index in [9.17, 15) is 13.2 Å². The van der Waals surface area contributed by atoms with Gasteiger partial charge in [-0.1, -0.05) is 11.6 Å². The summed E-state index contributed by atoms with van der Waals surface area (Å²) in [5.74, 6) is -1.14. The number of anilines is 2. The second kappa shape index (κ2) is 5.31. The summed E-state index contributed by atoms with van der Waals surface area (Å²) in [7, 11) is -3.79. The number of aromatic carboxylic acids is 1. The van der Waals surface area contributed by atoms with Crippen molar-refractivity contribution in [1.82, 2.24) is 0 Å². The largest absolute Gasteiger partial charge is 0.478 e. The van der Waals surface area contributed by atoms with Gasteiger partial charge in [0.25, 0.3) is 10.0 Å². The van der Waals surface area contributed by atoms with Crippen LogP contribution >= 0.6 is 22.9 Å². The van der Waals surface area contributed by atoms with Crippen LogP contribution in [0.15, 0.2) is 34.5 Å². The molecule has 6 nitrogen and oxygen atoms in total. The van der Waals surface area contributed by atoms with Crippen molar-refractivity contribution in [3.8, 4) is 0 Å². The second-order valence-corrected chi connectivity index (χ2v) is 7.40. The van der Waals surface area contributed by atoms with E-state index < -0.39 is 16.0 Å². The Hall–Kier alpha value is -1.77. The molecule has 0 bridgehead atoms. The number of nitrogens with one attached hydrogen (secondary N) is 1. The Kier molecular flexibility index (Phi) is 3.89. The number of hydrogen-bond acceptors (Lipinski definition) is 5. The minimum Gasteiger partial charge on any atom is -0.478 e. The van der Waals surface area contributed by atoms with Crippen molar-refractivity contribution in [2.24, 2.45) is 0 Å². The molecule has 0 radical (unpaired) electrons. The lowest BCUT2D eigenvalue weighted by atomic mass is 10.2.